The van der Waals surface area contributed by atoms with E-state index in [9.17, 15) is 14.4 Å². The Kier molecular flexibility index (Phi) is 7.40. The van der Waals surface area contributed by atoms with Gasteiger partial charge in [0, 0.05) is 37.9 Å². The van der Waals surface area contributed by atoms with Crippen molar-refractivity contribution in [2.45, 2.75) is 63.9 Å². The molecular formula is C32H35F2N3O6. The smallest absolute Gasteiger partial charge is 0.407 e. The largest absolute Gasteiger partial charge is 0.457 e. The number of fused-ring (bicyclic) bond motifs is 2. The third-order valence-electron chi connectivity index (χ3n) is 8.30. The lowest BCUT2D eigenvalue weighted by Crippen LogP contribution is -2.49. The maximum Gasteiger partial charge on any atom is 0.407 e. The van der Waals surface area contributed by atoms with Crippen molar-refractivity contribution < 1.29 is 32.6 Å². The molecule has 0 bridgehead atoms. The number of rotatable bonds is 7. The predicted molar refractivity (Wildman–Crippen MR) is 155 cm³/mol. The number of aromatic nitrogens is 1. The topological polar surface area (TPSA) is 99.1 Å². The second-order valence-corrected chi connectivity index (χ2v) is 12.6. The summed E-state index contributed by atoms with van der Waals surface area (Å²) in [5.41, 5.74) is -2.11. The van der Waals surface area contributed by atoms with Crippen molar-refractivity contribution in [2.24, 2.45) is 5.92 Å². The van der Waals surface area contributed by atoms with Crippen molar-refractivity contribution in [1.82, 2.24) is 9.88 Å². The monoisotopic (exact) mass is 595 g/mol. The van der Waals surface area contributed by atoms with Crippen LogP contribution in [0.25, 0.3) is 10.9 Å². The summed E-state index contributed by atoms with van der Waals surface area (Å²) in [6, 6.07) is 9.92. The number of esters is 1. The number of amides is 1. The van der Waals surface area contributed by atoms with Gasteiger partial charge in [-0.15, -0.1) is 0 Å². The maximum absolute atomic E-state index is 16.4. The van der Waals surface area contributed by atoms with E-state index in [1.54, 1.807) is 42.4 Å². The summed E-state index contributed by atoms with van der Waals surface area (Å²) in [6.07, 6.45) is 2.90. The first-order chi connectivity index (χ1) is 20.5. The minimum absolute atomic E-state index is 0.0367. The summed E-state index contributed by atoms with van der Waals surface area (Å²) in [7, 11) is 0. The zero-order chi connectivity index (χ0) is 30.5. The molecule has 1 aliphatic carbocycles. The first kappa shape index (κ1) is 29.1. The van der Waals surface area contributed by atoms with E-state index >= 15 is 8.78 Å². The quantitative estimate of drug-likeness (QED) is 0.380. The Balaban J connectivity index is 1.31. The van der Waals surface area contributed by atoms with Crippen LogP contribution in [0.15, 0.2) is 47.4 Å². The van der Waals surface area contributed by atoms with Gasteiger partial charge in [0.2, 0.25) is 5.43 Å². The molecule has 2 unspecified atom stereocenters. The molecule has 6 rings (SSSR count). The summed E-state index contributed by atoms with van der Waals surface area (Å²) in [5, 5.41) is 2.55. The van der Waals surface area contributed by atoms with Crippen molar-refractivity contribution in [3.63, 3.8) is 0 Å². The van der Waals surface area contributed by atoms with Gasteiger partial charge in [-0.1, -0.05) is 30.3 Å². The molecule has 2 saturated heterocycles. The van der Waals surface area contributed by atoms with Gasteiger partial charge in [-0.05, 0) is 51.7 Å². The van der Waals surface area contributed by atoms with E-state index in [4.69, 9.17) is 14.2 Å². The SMILES string of the molecule is CC(C)(C)OC(=O)NCC12CN(c3c(F)cc4c(=O)c(C(=O)OCc5ccccc5)cn(C5CC5)c4c3F)CC1CCO2. The number of carbonyl (C=O) groups is 2. The van der Waals surface area contributed by atoms with E-state index in [0.717, 1.165) is 24.5 Å². The van der Waals surface area contributed by atoms with E-state index in [2.05, 4.69) is 5.32 Å². The van der Waals surface area contributed by atoms with E-state index in [1.165, 1.54) is 6.20 Å². The molecular weight excluding hydrogens is 560 g/mol. The Morgan fingerprint density at radius 2 is 1.88 bits per heavy atom. The minimum Gasteiger partial charge on any atom is -0.457 e. The third kappa shape index (κ3) is 5.70. The second-order valence-electron chi connectivity index (χ2n) is 12.6. The van der Waals surface area contributed by atoms with Crippen LogP contribution >= 0.6 is 0 Å². The summed E-state index contributed by atoms with van der Waals surface area (Å²) in [4.78, 5) is 40.4. The summed E-state index contributed by atoms with van der Waals surface area (Å²) < 4.78 is 50.6. The number of anilines is 1. The Morgan fingerprint density at radius 1 is 1.14 bits per heavy atom. The number of halogens is 2. The summed E-state index contributed by atoms with van der Waals surface area (Å²) >= 11 is 0. The van der Waals surface area contributed by atoms with Crippen LogP contribution in [0.3, 0.4) is 0 Å². The van der Waals surface area contributed by atoms with Crippen LogP contribution in [0.2, 0.25) is 0 Å². The van der Waals surface area contributed by atoms with Gasteiger partial charge < -0.3 is 29.0 Å². The van der Waals surface area contributed by atoms with Gasteiger partial charge >= 0.3 is 12.1 Å². The molecule has 0 spiro atoms. The van der Waals surface area contributed by atoms with Crippen LogP contribution in [-0.4, -0.2) is 54.1 Å². The van der Waals surface area contributed by atoms with Crippen molar-refractivity contribution in [2.75, 3.05) is 31.1 Å². The molecule has 3 heterocycles. The van der Waals surface area contributed by atoms with Crippen LogP contribution in [-0.2, 0) is 20.8 Å². The number of ether oxygens (including phenoxy) is 3. The fourth-order valence-electron chi connectivity index (χ4n) is 6.14. The van der Waals surface area contributed by atoms with Crippen LogP contribution in [0.1, 0.15) is 62.0 Å². The molecule has 1 aromatic heterocycles. The molecule has 0 radical (unpaired) electrons. The Bertz CT molecular complexity index is 1630. The Labute approximate surface area is 247 Å². The summed E-state index contributed by atoms with van der Waals surface area (Å²) in [6.45, 7) is 6.31. The number of nitrogens with zero attached hydrogens (tertiary/aromatic N) is 2. The van der Waals surface area contributed by atoms with E-state index < -0.39 is 40.3 Å². The molecule has 2 aliphatic heterocycles. The average molecular weight is 596 g/mol. The van der Waals surface area contributed by atoms with Crippen LogP contribution in [0, 0.1) is 17.6 Å². The van der Waals surface area contributed by atoms with Gasteiger partial charge in [-0.25, -0.2) is 18.4 Å². The number of benzene rings is 2. The second kappa shape index (κ2) is 10.9. The zero-order valence-electron chi connectivity index (χ0n) is 24.5. The van der Waals surface area contributed by atoms with E-state index in [0.29, 0.717) is 19.6 Å². The standard InChI is InChI=1S/C32H35F2N3O6/c1-31(2,3)43-30(40)35-17-32-18-36(14-20(32)11-12-42-32)27-24(33)13-22-26(25(27)34)37(21-9-10-21)15-23(28(22)38)29(39)41-16-19-7-5-4-6-8-19/h4-8,13,15,20-21H,9-12,14,16-18H2,1-3H3,(H,35,40). The highest BCUT2D eigenvalue weighted by Crippen LogP contribution is 2.44. The molecule has 1 N–H and O–H groups in total. The van der Waals surface area contributed by atoms with Gasteiger partial charge in [0.25, 0.3) is 0 Å². The number of hydrogen-bond acceptors (Lipinski definition) is 7. The third-order valence-corrected chi connectivity index (χ3v) is 8.30. The van der Waals surface area contributed by atoms with Gasteiger partial charge in [0.1, 0.15) is 34.9 Å². The highest BCUT2D eigenvalue weighted by molar-refractivity contribution is 5.95. The highest BCUT2D eigenvalue weighted by Gasteiger charge is 2.52. The van der Waals surface area contributed by atoms with Gasteiger partial charge in [0.05, 0.1) is 17.4 Å². The van der Waals surface area contributed by atoms with E-state index in [1.807, 2.05) is 18.2 Å². The molecule has 228 valence electrons. The Hall–Kier alpha value is -3.99. The van der Waals surface area contributed by atoms with Gasteiger partial charge in [-0.3, -0.25) is 4.79 Å². The fourth-order valence-corrected chi connectivity index (χ4v) is 6.14. The number of pyridine rings is 1. The van der Waals surface area contributed by atoms with Crippen molar-refractivity contribution in [3.8, 4) is 0 Å². The lowest BCUT2D eigenvalue weighted by Gasteiger charge is -2.30. The summed E-state index contributed by atoms with van der Waals surface area (Å²) in [5.74, 6) is -2.70. The molecule has 43 heavy (non-hydrogen) atoms. The zero-order valence-corrected chi connectivity index (χ0v) is 24.5. The molecule has 1 saturated carbocycles. The molecule has 3 fully saturated rings. The molecule has 1 amide bonds. The minimum atomic E-state index is -0.908. The van der Waals surface area contributed by atoms with Crippen molar-refractivity contribution >= 4 is 28.7 Å². The number of nitrogens with one attached hydrogen (secondary N) is 1. The lowest BCUT2D eigenvalue weighted by atomic mass is 9.91. The number of carbonyl (C=O) groups excluding carboxylic acids is 2. The molecule has 2 atom stereocenters. The highest BCUT2D eigenvalue weighted by atomic mass is 19.1. The first-order valence-corrected chi connectivity index (χ1v) is 14.6. The van der Waals surface area contributed by atoms with Crippen molar-refractivity contribution in [3.05, 3.63) is 75.6 Å². The molecule has 11 heteroatoms. The molecule has 9 nitrogen and oxygen atoms in total. The average Bonchev–Trinajstić information content (AvgIpc) is 3.63. The number of alkyl carbamates (subject to hydrolysis) is 1. The molecule has 2 aromatic carbocycles. The normalized spacial score (nSPS) is 21.6. The van der Waals surface area contributed by atoms with Gasteiger partial charge in [0.15, 0.2) is 5.82 Å². The molecule has 3 aromatic rings. The predicted octanol–water partition coefficient (Wildman–Crippen LogP) is 5.09. The Morgan fingerprint density at radius 3 is 2.58 bits per heavy atom. The van der Waals surface area contributed by atoms with Crippen molar-refractivity contribution in [1.29, 1.82) is 0 Å². The fraction of sp³-hybridized carbons (Fsp3) is 0.469. The van der Waals surface area contributed by atoms with Gasteiger partial charge in [-0.2, -0.15) is 0 Å². The maximum atomic E-state index is 16.4. The van der Waals surface area contributed by atoms with Crippen LogP contribution < -0.4 is 15.6 Å². The number of hydrogen-bond donors (Lipinski definition) is 1. The van der Waals surface area contributed by atoms with Crippen LogP contribution in [0.5, 0.6) is 0 Å². The van der Waals surface area contributed by atoms with E-state index in [-0.39, 0.29) is 53.8 Å². The molecule has 3 aliphatic rings. The van der Waals surface area contributed by atoms with Crippen LogP contribution in [0.4, 0.5) is 19.3 Å². The first-order valence-electron chi connectivity index (χ1n) is 14.6. The lowest BCUT2D eigenvalue weighted by molar-refractivity contribution is -0.000290.